The molecule has 1 aliphatic rings. The van der Waals surface area contributed by atoms with E-state index in [4.69, 9.17) is 11.6 Å². The molecule has 2 unspecified atom stereocenters. The lowest BCUT2D eigenvalue weighted by Gasteiger charge is -2.08. The first-order valence-electron chi connectivity index (χ1n) is 7.05. The Hall–Kier alpha value is -2.15. The van der Waals surface area contributed by atoms with E-state index in [0.29, 0.717) is 12.0 Å². The minimum Gasteiger partial charge on any atom is -0.349 e. The molecule has 126 valence electrons. The number of hydrogen-bond donors (Lipinski definition) is 1. The Balaban J connectivity index is 1.67. The molecule has 1 heterocycles. The van der Waals surface area contributed by atoms with Gasteiger partial charge in [0.2, 0.25) is 0 Å². The van der Waals surface area contributed by atoms with Crippen LogP contribution in [0.4, 0.5) is 17.6 Å². The molecule has 1 aromatic heterocycles. The first-order chi connectivity index (χ1) is 11.3. The van der Waals surface area contributed by atoms with Crippen molar-refractivity contribution in [1.82, 2.24) is 10.3 Å². The molecule has 0 radical (unpaired) electrons. The van der Waals surface area contributed by atoms with Gasteiger partial charge in [-0.05, 0) is 30.7 Å². The van der Waals surface area contributed by atoms with Gasteiger partial charge in [-0.3, -0.25) is 9.78 Å². The van der Waals surface area contributed by atoms with Crippen molar-refractivity contribution in [2.75, 3.05) is 0 Å². The number of carbonyl (C=O) groups is 1. The fourth-order valence-electron chi connectivity index (χ4n) is 2.49. The van der Waals surface area contributed by atoms with Crippen molar-refractivity contribution in [2.24, 2.45) is 0 Å². The van der Waals surface area contributed by atoms with Gasteiger partial charge >= 0.3 is 6.18 Å². The predicted octanol–water partition coefficient (Wildman–Crippen LogP) is 4.18. The fraction of sp³-hybridized carbons (Fsp3) is 0.250. The molecule has 3 rings (SSSR count). The van der Waals surface area contributed by atoms with Gasteiger partial charge in [0, 0.05) is 28.7 Å². The highest BCUT2D eigenvalue weighted by molar-refractivity contribution is 6.31. The monoisotopic (exact) mass is 358 g/mol. The first-order valence-corrected chi connectivity index (χ1v) is 7.43. The summed E-state index contributed by atoms with van der Waals surface area (Å²) in [5, 5.41) is 2.93. The molecule has 1 N–H and O–H groups in total. The molecule has 8 heteroatoms. The lowest BCUT2D eigenvalue weighted by Crippen LogP contribution is -2.27. The Kier molecular flexibility index (Phi) is 4.21. The largest absolute Gasteiger partial charge is 0.433 e. The van der Waals surface area contributed by atoms with Crippen LogP contribution >= 0.6 is 11.6 Å². The second kappa shape index (κ2) is 6.05. The second-order valence-corrected chi connectivity index (χ2v) is 5.89. The standard InChI is InChI=1S/C16H11ClF4N2O/c17-10-2-1-3-11(18)14(10)9-6-12(9)23-15(24)8-4-5-13(22-7-8)16(19,20)21/h1-5,7,9,12H,6H2,(H,23,24). The number of pyridine rings is 1. The van der Waals surface area contributed by atoms with Crippen LogP contribution in [0.15, 0.2) is 36.5 Å². The van der Waals surface area contributed by atoms with Gasteiger partial charge in [-0.15, -0.1) is 0 Å². The minimum absolute atomic E-state index is 0.00767. The molecular weight excluding hydrogens is 348 g/mol. The summed E-state index contributed by atoms with van der Waals surface area (Å²) < 4.78 is 51.2. The molecule has 0 spiro atoms. The number of carbonyl (C=O) groups excluding carboxylic acids is 1. The third-order valence-corrected chi connectivity index (χ3v) is 4.12. The third-order valence-electron chi connectivity index (χ3n) is 3.79. The molecule has 2 aromatic rings. The van der Waals surface area contributed by atoms with Gasteiger partial charge in [-0.2, -0.15) is 13.2 Å². The summed E-state index contributed by atoms with van der Waals surface area (Å²) in [6.45, 7) is 0. The summed E-state index contributed by atoms with van der Waals surface area (Å²) in [5.74, 6) is -1.25. The number of rotatable bonds is 3. The predicted molar refractivity (Wildman–Crippen MR) is 79.3 cm³/mol. The zero-order valence-electron chi connectivity index (χ0n) is 12.1. The average molecular weight is 359 g/mol. The highest BCUT2D eigenvalue weighted by atomic mass is 35.5. The summed E-state index contributed by atoms with van der Waals surface area (Å²) in [5.41, 5.74) is -0.718. The fourth-order valence-corrected chi connectivity index (χ4v) is 2.79. The van der Waals surface area contributed by atoms with E-state index in [0.717, 1.165) is 18.3 Å². The van der Waals surface area contributed by atoms with Crippen LogP contribution in [-0.2, 0) is 6.18 Å². The van der Waals surface area contributed by atoms with Crippen LogP contribution in [0.2, 0.25) is 5.02 Å². The van der Waals surface area contributed by atoms with Gasteiger partial charge in [0.15, 0.2) is 0 Å². The number of amides is 1. The Labute approximate surface area is 139 Å². The smallest absolute Gasteiger partial charge is 0.349 e. The van der Waals surface area contributed by atoms with E-state index < -0.39 is 23.6 Å². The number of nitrogens with zero attached hydrogens (tertiary/aromatic N) is 1. The maximum atomic E-state index is 13.8. The maximum Gasteiger partial charge on any atom is 0.433 e. The molecule has 1 aromatic carbocycles. The van der Waals surface area contributed by atoms with Crippen LogP contribution in [-0.4, -0.2) is 16.9 Å². The van der Waals surface area contributed by atoms with Gasteiger partial charge in [0.25, 0.3) is 5.91 Å². The lowest BCUT2D eigenvalue weighted by atomic mass is 10.1. The molecule has 24 heavy (non-hydrogen) atoms. The normalized spacial score (nSPS) is 19.9. The zero-order valence-corrected chi connectivity index (χ0v) is 12.8. The van der Waals surface area contributed by atoms with Crippen LogP contribution in [0.3, 0.4) is 0 Å². The number of hydrogen-bond acceptors (Lipinski definition) is 2. The summed E-state index contributed by atoms with van der Waals surface area (Å²) in [4.78, 5) is 15.3. The van der Waals surface area contributed by atoms with Gasteiger partial charge in [0.05, 0.1) is 5.56 Å². The maximum absolute atomic E-state index is 13.8. The molecule has 1 fully saturated rings. The van der Waals surface area contributed by atoms with Gasteiger partial charge in [0.1, 0.15) is 11.5 Å². The van der Waals surface area contributed by atoms with E-state index in [9.17, 15) is 22.4 Å². The Morgan fingerprint density at radius 1 is 1.25 bits per heavy atom. The zero-order chi connectivity index (χ0) is 17.5. The molecule has 2 atom stereocenters. The van der Waals surface area contributed by atoms with Crippen molar-refractivity contribution in [3.63, 3.8) is 0 Å². The van der Waals surface area contributed by atoms with E-state index in [1.54, 1.807) is 6.07 Å². The van der Waals surface area contributed by atoms with Crippen LogP contribution in [0.25, 0.3) is 0 Å². The molecule has 1 saturated carbocycles. The van der Waals surface area contributed by atoms with Crippen molar-refractivity contribution >= 4 is 17.5 Å². The molecule has 0 bridgehead atoms. The van der Waals surface area contributed by atoms with Crippen molar-refractivity contribution in [3.8, 4) is 0 Å². The molecule has 1 aliphatic carbocycles. The molecule has 0 saturated heterocycles. The van der Waals surface area contributed by atoms with E-state index in [1.165, 1.54) is 12.1 Å². The number of nitrogens with one attached hydrogen (secondary N) is 1. The SMILES string of the molecule is O=C(NC1CC1c1c(F)cccc1Cl)c1ccc(C(F)(F)F)nc1. The molecule has 0 aliphatic heterocycles. The van der Waals surface area contributed by atoms with Crippen molar-refractivity contribution in [3.05, 3.63) is 64.2 Å². The first kappa shape index (κ1) is 16.7. The lowest BCUT2D eigenvalue weighted by molar-refractivity contribution is -0.141. The Bertz CT molecular complexity index is 756. The summed E-state index contributed by atoms with van der Waals surface area (Å²) in [6, 6.07) is 5.83. The van der Waals surface area contributed by atoms with Crippen LogP contribution in [0.5, 0.6) is 0 Å². The van der Waals surface area contributed by atoms with Crippen molar-refractivity contribution < 1.29 is 22.4 Å². The van der Waals surface area contributed by atoms with Crippen LogP contribution in [0, 0.1) is 5.82 Å². The molecule has 3 nitrogen and oxygen atoms in total. The summed E-state index contributed by atoms with van der Waals surface area (Å²) in [6.07, 6.45) is -3.18. The van der Waals surface area contributed by atoms with Gasteiger partial charge in [-0.25, -0.2) is 4.39 Å². The van der Waals surface area contributed by atoms with Crippen LogP contribution < -0.4 is 5.32 Å². The van der Waals surface area contributed by atoms with E-state index in [2.05, 4.69) is 10.3 Å². The van der Waals surface area contributed by atoms with Gasteiger partial charge < -0.3 is 5.32 Å². The van der Waals surface area contributed by atoms with Crippen molar-refractivity contribution in [1.29, 1.82) is 0 Å². The summed E-state index contributed by atoms with van der Waals surface area (Å²) >= 11 is 5.97. The number of aromatic nitrogens is 1. The topological polar surface area (TPSA) is 42.0 Å². The van der Waals surface area contributed by atoms with Crippen molar-refractivity contribution in [2.45, 2.75) is 24.6 Å². The number of benzene rings is 1. The van der Waals surface area contributed by atoms with E-state index in [-0.39, 0.29) is 22.5 Å². The average Bonchev–Trinajstić information content (AvgIpc) is 3.25. The summed E-state index contributed by atoms with van der Waals surface area (Å²) in [7, 11) is 0. The Morgan fingerprint density at radius 2 is 2.00 bits per heavy atom. The van der Waals surface area contributed by atoms with E-state index in [1.807, 2.05) is 0 Å². The quantitative estimate of drug-likeness (QED) is 0.836. The minimum atomic E-state index is -4.56. The highest BCUT2D eigenvalue weighted by Gasteiger charge is 2.42. The van der Waals surface area contributed by atoms with Crippen LogP contribution in [0.1, 0.15) is 34.0 Å². The third kappa shape index (κ3) is 3.36. The highest BCUT2D eigenvalue weighted by Crippen LogP contribution is 2.45. The number of alkyl halides is 3. The number of halogens is 5. The second-order valence-electron chi connectivity index (χ2n) is 5.49. The van der Waals surface area contributed by atoms with E-state index >= 15 is 0 Å². The molecular formula is C16H11ClF4N2O. The van der Waals surface area contributed by atoms with Gasteiger partial charge in [-0.1, -0.05) is 17.7 Å². The Morgan fingerprint density at radius 3 is 2.58 bits per heavy atom. The molecule has 1 amide bonds.